The van der Waals surface area contributed by atoms with Gasteiger partial charge in [0.05, 0.1) is 12.0 Å². The Bertz CT molecular complexity index is 384. The highest BCUT2D eigenvalue weighted by Crippen LogP contribution is 2.42. The molecule has 1 amide bonds. The highest BCUT2D eigenvalue weighted by atomic mass is 19.4. The normalized spacial score (nSPS) is 29.4. The number of alkyl halides is 3. The Morgan fingerprint density at radius 2 is 1.84 bits per heavy atom. The van der Waals surface area contributed by atoms with Gasteiger partial charge in [0.1, 0.15) is 6.04 Å². The molecule has 106 valence electrons. The Hall–Kier alpha value is -1.25. The first kappa shape index (κ1) is 14.2. The summed E-state index contributed by atoms with van der Waals surface area (Å²) in [6.07, 6.45) is -1.16. The summed E-state index contributed by atoms with van der Waals surface area (Å²) in [7, 11) is 0. The first-order valence-electron chi connectivity index (χ1n) is 6.70. The van der Waals surface area contributed by atoms with Gasteiger partial charge in [-0.1, -0.05) is 12.8 Å². The minimum atomic E-state index is -4.33. The lowest BCUT2D eigenvalue weighted by Gasteiger charge is -2.32. The lowest BCUT2D eigenvalue weighted by molar-refractivity contribution is -0.198. The topological polar surface area (TPSA) is 52.9 Å². The average molecular weight is 274 g/mol. The summed E-state index contributed by atoms with van der Waals surface area (Å²) >= 11 is 0. The van der Waals surface area contributed by atoms with E-state index < -0.39 is 30.0 Å². The van der Waals surface area contributed by atoms with Crippen LogP contribution in [0.3, 0.4) is 0 Å². The molecular weight excluding hydrogens is 257 g/mol. The van der Waals surface area contributed by atoms with Crippen LogP contribution in [-0.2, 0) is 4.79 Å². The van der Waals surface area contributed by atoms with E-state index in [0.29, 0.717) is 12.8 Å². The average Bonchev–Trinajstić information content (AvgIpc) is 3.19. The zero-order valence-electron chi connectivity index (χ0n) is 10.5. The number of nitrogens with one attached hydrogen (secondary N) is 1. The summed E-state index contributed by atoms with van der Waals surface area (Å²) in [5.41, 5.74) is 0. The van der Waals surface area contributed by atoms with Crippen LogP contribution >= 0.6 is 0 Å². The van der Waals surface area contributed by atoms with E-state index in [1.54, 1.807) is 0 Å². The van der Waals surface area contributed by atoms with Gasteiger partial charge in [-0.25, -0.2) is 0 Å². The second kappa shape index (κ2) is 5.40. The summed E-state index contributed by atoms with van der Waals surface area (Å²) in [6, 6.07) is 1.35. The largest absolute Gasteiger partial charge is 0.392 e. The third-order valence-electron chi connectivity index (χ3n) is 4.05. The summed E-state index contributed by atoms with van der Waals surface area (Å²) in [6.45, 7) is 0. The molecule has 3 nitrogen and oxygen atoms in total. The predicted molar refractivity (Wildman–Crippen MR) is 61.8 cm³/mol. The molecule has 0 aromatic rings. The molecule has 2 aliphatic carbocycles. The van der Waals surface area contributed by atoms with Crippen LogP contribution in [0.2, 0.25) is 0 Å². The van der Waals surface area contributed by atoms with Crippen molar-refractivity contribution in [1.82, 2.24) is 5.32 Å². The highest BCUT2D eigenvalue weighted by Gasteiger charge is 2.48. The van der Waals surface area contributed by atoms with Gasteiger partial charge in [0, 0.05) is 5.92 Å². The zero-order chi connectivity index (χ0) is 14.0. The van der Waals surface area contributed by atoms with Crippen molar-refractivity contribution in [2.45, 2.75) is 50.7 Å². The quantitative estimate of drug-likeness (QED) is 0.860. The molecule has 19 heavy (non-hydrogen) atoms. The van der Waals surface area contributed by atoms with E-state index in [2.05, 4.69) is 5.32 Å². The first-order chi connectivity index (χ1) is 8.93. The van der Waals surface area contributed by atoms with Crippen molar-refractivity contribution in [1.29, 1.82) is 5.26 Å². The molecular formula is C13H17F3N2O. The Morgan fingerprint density at radius 3 is 2.37 bits per heavy atom. The van der Waals surface area contributed by atoms with Gasteiger partial charge in [0.15, 0.2) is 0 Å². The molecule has 1 N–H and O–H groups in total. The van der Waals surface area contributed by atoms with E-state index in [1.807, 2.05) is 6.07 Å². The van der Waals surface area contributed by atoms with Crippen LogP contribution in [0, 0.1) is 29.1 Å². The van der Waals surface area contributed by atoms with Gasteiger partial charge >= 0.3 is 6.18 Å². The van der Waals surface area contributed by atoms with Gasteiger partial charge in [0.25, 0.3) is 0 Å². The molecule has 0 saturated heterocycles. The lowest BCUT2D eigenvalue weighted by Crippen LogP contribution is -2.46. The van der Waals surface area contributed by atoms with Crippen LogP contribution in [0.5, 0.6) is 0 Å². The smallest absolute Gasteiger partial charge is 0.340 e. The van der Waals surface area contributed by atoms with E-state index in [1.165, 1.54) is 0 Å². The minimum Gasteiger partial charge on any atom is -0.340 e. The third kappa shape index (κ3) is 3.40. The molecule has 3 unspecified atom stereocenters. The number of hydrogen-bond acceptors (Lipinski definition) is 2. The van der Waals surface area contributed by atoms with Crippen molar-refractivity contribution in [3.05, 3.63) is 0 Å². The molecule has 3 atom stereocenters. The number of halogens is 3. The molecule has 0 heterocycles. The van der Waals surface area contributed by atoms with Gasteiger partial charge < -0.3 is 5.32 Å². The fraction of sp³-hybridized carbons (Fsp3) is 0.846. The van der Waals surface area contributed by atoms with E-state index in [9.17, 15) is 18.0 Å². The molecule has 2 fully saturated rings. The molecule has 0 radical (unpaired) electrons. The Morgan fingerprint density at radius 1 is 1.21 bits per heavy atom. The molecule has 6 heteroatoms. The van der Waals surface area contributed by atoms with Gasteiger partial charge in [-0.3, -0.25) is 4.79 Å². The van der Waals surface area contributed by atoms with Crippen molar-refractivity contribution in [2.75, 3.05) is 0 Å². The second-order valence-electron chi connectivity index (χ2n) is 5.49. The van der Waals surface area contributed by atoms with Crippen molar-refractivity contribution in [3.8, 4) is 6.07 Å². The molecule has 0 aromatic carbocycles. The van der Waals surface area contributed by atoms with Crippen LogP contribution in [-0.4, -0.2) is 18.1 Å². The maximum absolute atomic E-state index is 12.9. The number of rotatable bonds is 3. The van der Waals surface area contributed by atoms with Gasteiger partial charge in [-0.05, 0) is 31.6 Å². The lowest BCUT2D eigenvalue weighted by atomic mass is 9.78. The maximum Gasteiger partial charge on any atom is 0.392 e. The fourth-order valence-corrected chi connectivity index (χ4v) is 2.78. The number of nitriles is 1. The summed E-state index contributed by atoms with van der Waals surface area (Å²) in [4.78, 5) is 12.0. The maximum atomic E-state index is 12.9. The molecule has 0 spiro atoms. The van der Waals surface area contributed by atoms with Crippen molar-refractivity contribution >= 4 is 5.91 Å². The van der Waals surface area contributed by atoms with Crippen molar-refractivity contribution in [3.63, 3.8) is 0 Å². The second-order valence-corrected chi connectivity index (χ2v) is 5.49. The Kier molecular flexibility index (Phi) is 4.02. The monoisotopic (exact) mass is 274 g/mol. The molecule has 0 aliphatic heterocycles. The zero-order valence-corrected chi connectivity index (χ0v) is 10.5. The van der Waals surface area contributed by atoms with Crippen LogP contribution in [0.4, 0.5) is 13.2 Å². The number of nitrogens with zero attached hydrogens (tertiary/aromatic N) is 1. The molecule has 0 aromatic heterocycles. The van der Waals surface area contributed by atoms with Crippen LogP contribution in [0.25, 0.3) is 0 Å². The van der Waals surface area contributed by atoms with E-state index in [-0.39, 0.29) is 18.8 Å². The Balaban J connectivity index is 2.01. The number of carbonyl (C=O) groups excluding carboxylic acids is 1. The highest BCUT2D eigenvalue weighted by molar-refractivity contribution is 5.79. The number of carbonyl (C=O) groups is 1. The molecule has 2 rings (SSSR count). The van der Waals surface area contributed by atoms with Crippen molar-refractivity contribution < 1.29 is 18.0 Å². The molecule has 2 saturated carbocycles. The van der Waals surface area contributed by atoms with Gasteiger partial charge in [0.2, 0.25) is 5.91 Å². The van der Waals surface area contributed by atoms with Crippen molar-refractivity contribution in [2.24, 2.45) is 17.8 Å². The fourth-order valence-electron chi connectivity index (χ4n) is 2.78. The predicted octanol–water partition coefficient (Wildman–Crippen LogP) is 2.77. The third-order valence-corrected chi connectivity index (χ3v) is 4.05. The summed E-state index contributed by atoms with van der Waals surface area (Å²) in [5.74, 6) is -3.05. The van der Waals surface area contributed by atoms with Crippen LogP contribution in [0.1, 0.15) is 38.5 Å². The SMILES string of the molecule is N#CC(NC(=O)C1CCCCC1C(F)(F)F)C1CC1. The number of amides is 1. The van der Waals surface area contributed by atoms with Crippen LogP contribution in [0.15, 0.2) is 0 Å². The Labute approximate surface area is 110 Å². The summed E-state index contributed by atoms with van der Waals surface area (Å²) in [5, 5.41) is 11.4. The van der Waals surface area contributed by atoms with E-state index >= 15 is 0 Å². The van der Waals surface area contributed by atoms with E-state index in [4.69, 9.17) is 5.26 Å². The summed E-state index contributed by atoms with van der Waals surface area (Å²) < 4.78 is 38.7. The van der Waals surface area contributed by atoms with Gasteiger partial charge in [-0.15, -0.1) is 0 Å². The molecule has 2 aliphatic rings. The van der Waals surface area contributed by atoms with Crippen LogP contribution < -0.4 is 5.32 Å². The van der Waals surface area contributed by atoms with E-state index in [0.717, 1.165) is 12.8 Å². The first-order valence-corrected chi connectivity index (χ1v) is 6.70. The minimum absolute atomic E-state index is 0.0161. The molecule has 0 bridgehead atoms. The standard InChI is InChI=1S/C13H17F3N2O/c14-13(15,16)10-4-2-1-3-9(10)12(19)18-11(7-17)8-5-6-8/h8-11H,1-6H2,(H,18,19). The number of hydrogen-bond donors (Lipinski definition) is 1. The van der Waals surface area contributed by atoms with Gasteiger partial charge in [-0.2, -0.15) is 18.4 Å².